The maximum atomic E-state index is 11.4. The lowest BCUT2D eigenvalue weighted by atomic mass is 9.94. The number of nitrogens with two attached hydrogens (primary N) is 1. The van der Waals surface area contributed by atoms with Gasteiger partial charge in [0.1, 0.15) is 0 Å². The van der Waals surface area contributed by atoms with Crippen LogP contribution in [0.2, 0.25) is 0 Å². The summed E-state index contributed by atoms with van der Waals surface area (Å²) in [4.78, 5) is 11.4. The van der Waals surface area contributed by atoms with Gasteiger partial charge in [-0.1, -0.05) is 0 Å². The molecule has 0 unspecified atom stereocenters. The molecule has 108 valence electrons. The lowest BCUT2D eigenvalue weighted by Gasteiger charge is -2.32. The average molecular weight is 277 g/mol. The fourth-order valence-electron chi connectivity index (χ4n) is 2.63. The predicted octanol–water partition coefficient (Wildman–Crippen LogP) is 0.717. The van der Waals surface area contributed by atoms with Gasteiger partial charge in [-0.25, -0.2) is 0 Å². The topological polar surface area (TPSA) is 96.6 Å². The van der Waals surface area contributed by atoms with Crippen molar-refractivity contribution in [2.24, 2.45) is 0 Å². The average Bonchev–Trinajstić information content (AvgIpc) is 2.76. The van der Waals surface area contributed by atoms with Crippen LogP contribution in [0.3, 0.4) is 0 Å². The Bertz CT molecular complexity index is 539. The zero-order chi connectivity index (χ0) is 14.2. The molecule has 5 N–H and O–H groups in total. The van der Waals surface area contributed by atoms with Crippen molar-refractivity contribution < 1.29 is 14.6 Å². The third kappa shape index (κ3) is 2.57. The van der Waals surface area contributed by atoms with E-state index < -0.39 is 5.60 Å². The van der Waals surface area contributed by atoms with Gasteiger partial charge < -0.3 is 26.2 Å². The molecule has 0 spiro atoms. The Morgan fingerprint density at radius 2 is 2.15 bits per heavy atom. The fraction of sp³-hybridized carbons (Fsp3) is 0.500. The molecule has 1 aromatic carbocycles. The zero-order valence-corrected chi connectivity index (χ0v) is 11.2. The SMILES string of the molecule is Nc1cc2c(cc1NCC1(O)CCOCC1)NC(=O)C2. The highest BCUT2D eigenvalue weighted by molar-refractivity contribution is 6.00. The highest BCUT2D eigenvalue weighted by atomic mass is 16.5. The molecule has 1 saturated heterocycles. The highest BCUT2D eigenvalue weighted by Gasteiger charge is 2.30. The number of nitrogens with one attached hydrogen (secondary N) is 2. The van der Waals surface area contributed by atoms with Gasteiger partial charge in [0.25, 0.3) is 0 Å². The molecule has 1 aromatic rings. The van der Waals surface area contributed by atoms with Crippen molar-refractivity contribution in [1.82, 2.24) is 0 Å². The van der Waals surface area contributed by atoms with E-state index >= 15 is 0 Å². The summed E-state index contributed by atoms with van der Waals surface area (Å²) in [5.41, 5.74) is 8.28. The molecule has 0 aliphatic carbocycles. The Labute approximate surface area is 117 Å². The minimum Gasteiger partial charge on any atom is -0.397 e. The molecule has 20 heavy (non-hydrogen) atoms. The summed E-state index contributed by atoms with van der Waals surface area (Å²) in [5, 5.41) is 16.4. The number of benzene rings is 1. The van der Waals surface area contributed by atoms with Crippen LogP contribution in [0.25, 0.3) is 0 Å². The number of aliphatic hydroxyl groups is 1. The molecule has 0 bridgehead atoms. The number of carbonyl (C=O) groups is 1. The Kier molecular flexibility index (Phi) is 3.27. The van der Waals surface area contributed by atoms with E-state index in [1.54, 1.807) is 0 Å². The van der Waals surface area contributed by atoms with Gasteiger partial charge in [0.15, 0.2) is 0 Å². The van der Waals surface area contributed by atoms with E-state index in [0.29, 0.717) is 44.7 Å². The summed E-state index contributed by atoms with van der Waals surface area (Å²) in [6.07, 6.45) is 1.60. The summed E-state index contributed by atoms with van der Waals surface area (Å²) < 4.78 is 5.25. The van der Waals surface area contributed by atoms with Crippen molar-refractivity contribution in [1.29, 1.82) is 0 Å². The first kappa shape index (κ1) is 13.2. The Morgan fingerprint density at radius 3 is 2.90 bits per heavy atom. The van der Waals surface area contributed by atoms with E-state index in [1.165, 1.54) is 0 Å². The minimum atomic E-state index is -0.757. The molecular formula is C14H19N3O3. The van der Waals surface area contributed by atoms with Crippen LogP contribution in [0.5, 0.6) is 0 Å². The van der Waals surface area contributed by atoms with Gasteiger partial charge in [0.05, 0.1) is 23.4 Å². The van der Waals surface area contributed by atoms with Gasteiger partial charge in [0.2, 0.25) is 5.91 Å². The van der Waals surface area contributed by atoms with Gasteiger partial charge >= 0.3 is 0 Å². The zero-order valence-electron chi connectivity index (χ0n) is 11.2. The maximum absolute atomic E-state index is 11.4. The largest absolute Gasteiger partial charge is 0.397 e. The summed E-state index contributed by atoms with van der Waals surface area (Å²) in [6.45, 7) is 1.58. The molecule has 6 heteroatoms. The van der Waals surface area contributed by atoms with Crippen LogP contribution in [0, 0.1) is 0 Å². The third-order valence-electron chi connectivity index (χ3n) is 3.93. The van der Waals surface area contributed by atoms with Crippen molar-refractivity contribution in [3.8, 4) is 0 Å². The quantitative estimate of drug-likeness (QED) is 0.610. The van der Waals surface area contributed by atoms with Crippen LogP contribution >= 0.6 is 0 Å². The van der Waals surface area contributed by atoms with E-state index in [-0.39, 0.29) is 5.91 Å². The predicted molar refractivity (Wildman–Crippen MR) is 76.7 cm³/mol. The number of nitrogen functional groups attached to an aromatic ring is 1. The molecule has 2 heterocycles. The van der Waals surface area contributed by atoms with Crippen molar-refractivity contribution in [2.45, 2.75) is 24.9 Å². The Hall–Kier alpha value is -1.79. The van der Waals surface area contributed by atoms with Gasteiger partial charge in [-0.05, 0) is 17.7 Å². The Morgan fingerprint density at radius 1 is 1.40 bits per heavy atom. The maximum Gasteiger partial charge on any atom is 0.228 e. The lowest BCUT2D eigenvalue weighted by Crippen LogP contribution is -2.42. The van der Waals surface area contributed by atoms with Crippen molar-refractivity contribution in [2.75, 3.05) is 36.1 Å². The van der Waals surface area contributed by atoms with E-state index in [4.69, 9.17) is 10.5 Å². The molecule has 2 aliphatic rings. The van der Waals surface area contributed by atoms with Gasteiger partial charge in [0, 0.05) is 38.3 Å². The van der Waals surface area contributed by atoms with Crippen LogP contribution in [0.15, 0.2) is 12.1 Å². The summed E-state index contributed by atoms with van der Waals surface area (Å²) in [5.74, 6) is -0.0143. The number of fused-ring (bicyclic) bond motifs is 1. The van der Waals surface area contributed by atoms with E-state index in [0.717, 1.165) is 16.9 Å². The van der Waals surface area contributed by atoms with E-state index in [9.17, 15) is 9.90 Å². The summed E-state index contributed by atoms with van der Waals surface area (Å²) >= 11 is 0. The number of hydrogen-bond donors (Lipinski definition) is 4. The van der Waals surface area contributed by atoms with E-state index in [2.05, 4.69) is 10.6 Å². The van der Waals surface area contributed by atoms with Crippen molar-refractivity contribution >= 4 is 23.0 Å². The van der Waals surface area contributed by atoms with Gasteiger partial charge in [-0.2, -0.15) is 0 Å². The summed E-state index contributed by atoms with van der Waals surface area (Å²) in [7, 11) is 0. The molecule has 0 radical (unpaired) electrons. The Balaban J connectivity index is 1.72. The fourth-order valence-corrected chi connectivity index (χ4v) is 2.63. The second-order valence-corrected chi connectivity index (χ2v) is 5.51. The second kappa shape index (κ2) is 4.96. The second-order valence-electron chi connectivity index (χ2n) is 5.51. The smallest absolute Gasteiger partial charge is 0.228 e. The molecule has 6 nitrogen and oxygen atoms in total. The van der Waals surface area contributed by atoms with Crippen molar-refractivity contribution in [3.05, 3.63) is 17.7 Å². The number of anilines is 3. The molecule has 2 aliphatic heterocycles. The van der Waals surface area contributed by atoms with Crippen LogP contribution in [-0.4, -0.2) is 36.4 Å². The van der Waals surface area contributed by atoms with Gasteiger partial charge in [-0.3, -0.25) is 4.79 Å². The normalized spacial score (nSPS) is 20.4. The number of ether oxygens (including phenoxy) is 1. The highest BCUT2D eigenvalue weighted by Crippen LogP contribution is 2.32. The number of carbonyl (C=O) groups excluding carboxylic acids is 1. The molecule has 1 fully saturated rings. The van der Waals surface area contributed by atoms with Crippen LogP contribution in [0.4, 0.5) is 17.1 Å². The number of amides is 1. The monoisotopic (exact) mass is 277 g/mol. The molecule has 0 atom stereocenters. The third-order valence-corrected chi connectivity index (χ3v) is 3.93. The molecular weight excluding hydrogens is 258 g/mol. The molecule has 0 aromatic heterocycles. The van der Waals surface area contributed by atoms with Crippen molar-refractivity contribution in [3.63, 3.8) is 0 Å². The lowest BCUT2D eigenvalue weighted by molar-refractivity contribution is -0.115. The van der Waals surface area contributed by atoms with E-state index in [1.807, 2.05) is 12.1 Å². The first-order valence-electron chi connectivity index (χ1n) is 6.82. The first-order chi connectivity index (χ1) is 9.56. The van der Waals surface area contributed by atoms with Crippen LogP contribution in [-0.2, 0) is 16.0 Å². The van der Waals surface area contributed by atoms with Gasteiger partial charge in [-0.15, -0.1) is 0 Å². The van der Waals surface area contributed by atoms with Crippen LogP contribution in [0.1, 0.15) is 18.4 Å². The minimum absolute atomic E-state index is 0.0143. The summed E-state index contributed by atoms with van der Waals surface area (Å²) in [6, 6.07) is 3.64. The number of hydrogen-bond acceptors (Lipinski definition) is 5. The first-order valence-corrected chi connectivity index (χ1v) is 6.82. The molecule has 1 amide bonds. The molecule has 0 saturated carbocycles. The van der Waals surface area contributed by atoms with Crippen LogP contribution < -0.4 is 16.4 Å². The standard InChI is InChI=1S/C14H19N3O3/c15-10-5-9-6-13(18)17-11(9)7-12(10)16-8-14(19)1-3-20-4-2-14/h5,7,16,19H,1-4,6,8,15H2,(H,17,18). The molecule has 3 rings (SSSR count). The number of rotatable bonds is 3.